The second kappa shape index (κ2) is 5.32. The van der Waals surface area contributed by atoms with Crippen LogP contribution in [-0.4, -0.2) is 37.8 Å². The van der Waals surface area contributed by atoms with Gasteiger partial charge >= 0.3 is 11.3 Å². The smallest absolute Gasteiger partial charge is 0.343 e. The van der Waals surface area contributed by atoms with Gasteiger partial charge in [0, 0.05) is 11.8 Å². The lowest BCUT2D eigenvalue weighted by atomic mass is 10.4. The van der Waals surface area contributed by atoms with Gasteiger partial charge in [-0.1, -0.05) is 16.9 Å². The average molecular weight is 274 g/mol. The Balaban J connectivity index is 2.01. The van der Waals surface area contributed by atoms with E-state index in [0.29, 0.717) is 11.0 Å². The van der Waals surface area contributed by atoms with Crippen LogP contribution in [-0.2, 0) is 15.6 Å². The van der Waals surface area contributed by atoms with Gasteiger partial charge in [0.2, 0.25) is 5.88 Å². The Bertz CT molecular complexity index is 468. The highest BCUT2D eigenvalue weighted by molar-refractivity contribution is 7.98. The van der Waals surface area contributed by atoms with Gasteiger partial charge < -0.3 is 4.74 Å². The van der Waals surface area contributed by atoms with Crippen LogP contribution in [0.15, 0.2) is 16.4 Å². The first-order valence-corrected chi connectivity index (χ1v) is 6.86. The van der Waals surface area contributed by atoms with E-state index in [-0.39, 0.29) is 6.73 Å². The van der Waals surface area contributed by atoms with Gasteiger partial charge in [-0.2, -0.15) is 9.19 Å². The Morgan fingerprint density at radius 1 is 1.59 bits per heavy atom. The summed E-state index contributed by atoms with van der Waals surface area (Å²) in [7, 11) is 0. The normalized spacial score (nSPS) is 18.2. The Labute approximate surface area is 105 Å². The standard InChI is InChI=1S/C8H10N4O3S2/c1-6-3-7(11-8(10-6)16-2)14-5-12-4-9-15-17(12)13/h3-4H,5H2,1-2H3. The van der Waals surface area contributed by atoms with Crippen molar-refractivity contribution in [2.24, 2.45) is 5.16 Å². The lowest BCUT2D eigenvalue weighted by molar-refractivity contribution is 0.242. The van der Waals surface area contributed by atoms with Crippen molar-refractivity contribution in [2.75, 3.05) is 13.0 Å². The van der Waals surface area contributed by atoms with E-state index in [1.54, 1.807) is 6.07 Å². The second-order valence-electron chi connectivity index (χ2n) is 3.04. The van der Waals surface area contributed by atoms with Gasteiger partial charge in [0.1, 0.15) is 0 Å². The highest BCUT2D eigenvalue weighted by Gasteiger charge is 2.18. The molecule has 0 N–H and O–H groups in total. The monoisotopic (exact) mass is 274 g/mol. The topological polar surface area (TPSA) is 76.9 Å². The van der Waals surface area contributed by atoms with Crippen LogP contribution in [0.5, 0.6) is 5.88 Å². The van der Waals surface area contributed by atoms with E-state index in [9.17, 15) is 4.21 Å². The average Bonchev–Trinajstić information content (AvgIpc) is 2.71. The SMILES string of the molecule is CSc1nc(C)cc(OCN2C=NOS2=O)n1. The fourth-order valence-electron chi connectivity index (χ4n) is 1.07. The molecule has 0 fully saturated rings. The van der Waals surface area contributed by atoms with Crippen LogP contribution in [0, 0.1) is 6.92 Å². The summed E-state index contributed by atoms with van der Waals surface area (Å²) in [5, 5.41) is 4.03. The number of rotatable bonds is 4. The summed E-state index contributed by atoms with van der Waals surface area (Å²) in [6, 6.07) is 1.71. The summed E-state index contributed by atoms with van der Waals surface area (Å²) >= 11 is -0.180. The van der Waals surface area contributed by atoms with Crippen molar-refractivity contribution in [3.05, 3.63) is 11.8 Å². The fraction of sp³-hybridized carbons (Fsp3) is 0.375. The van der Waals surface area contributed by atoms with Crippen LogP contribution < -0.4 is 4.74 Å². The number of hydrogen-bond donors (Lipinski definition) is 0. The summed E-state index contributed by atoms with van der Waals surface area (Å²) in [6.45, 7) is 1.91. The molecule has 0 bridgehead atoms. The number of aromatic nitrogens is 2. The molecule has 1 aromatic heterocycles. The summed E-state index contributed by atoms with van der Waals surface area (Å²) in [5.74, 6) is 0.430. The Hall–Kier alpha value is -1.35. The van der Waals surface area contributed by atoms with Gasteiger partial charge in [-0.25, -0.2) is 9.29 Å². The summed E-state index contributed by atoms with van der Waals surface area (Å²) < 4.78 is 22.3. The van der Waals surface area contributed by atoms with Crippen molar-refractivity contribution >= 4 is 29.4 Å². The first-order chi connectivity index (χ1) is 8.19. The van der Waals surface area contributed by atoms with Crippen molar-refractivity contribution in [1.29, 1.82) is 0 Å². The molecule has 7 nitrogen and oxygen atoms in total. The molecule has 1 aliphatic rings. The Morgan fingerprint density at radius 2 is 2.41 bits per heavy atom. The first kappa shape index (κ1) is 12.1. The predicted octanol–water partition coefficient (Wildman–Crippen LogP) is 0.697. The second-order valence-corrected chi connectivity index (χ2v) is 4.86. The number of aryl methyl sites for hydroxylation is 1. The molecule has 1 unspecified atom stereocenters. The molecule has 17 heavy (non-hydrogen) atoms. The number of ether oxygens (including phenoxy) is 1. The third-order valence-electron chi connectivity index (χ3n) is 1.81. The van der Waals surface area contributed by atoms with Gasteiger partial charge in [0.25, 0.3) is 0 Å². The number of oxime groups is 1. The maximum atomic E-state index is 11.2. The molecule has 1 aliphatic heterocycles. The van der Waals surface area contributed by atoms with Crippen LogP contribution in [0.2, 0.25) is 0 Å². The molecule has 0 spiro atoms. The van der Waals surface area contributed by atoms with Crippen molar-refractivity contribution in [2.45, 2.75) is 12.1 Å². The van der Waals surface area contributed by atoms with E-state index in [1.165, 1.54) is 22.4 Å². The number of nitrogens with zero attached hydrogens (tertiary/aromatic N) is 4. The van der Waals surface area contributed by atoms with Crippen molar-refractivity contribution < 1.29 is 13.2 Å². The summed E-state index contributed by atoms with van der Waals surface area (Å²) in [5.41, 5.74) is 0.812. The molecular formula is C8H10N4O3S2. The molecular weight excluding hydrogens is 264 g/mol. The molecule has 92 valence electrons. The van der Waals surface area contributed by atoms with Gasteiger partial charge in [-0.05, 0) is 13.2 Å². The molecule has 0 aliphatic carbocycles. The van der Waals surface area contributed by atoms with Crippen LogP contribution in [0.25, 0.3) is 0 Å². The van der Waals surface area contributed by atoms with Gasteiger partial charge in [-0.3, -0.25) is 4.28 Å². The van der Waals surface area contributed by atoms with Crippen LogP contribution in [0.1, 0.15) is 5.69 Å². The zero-order valence-corrected chi connectivity index (χ0v) is 10.8. The molecule has 1 aromatic rings. The minimum absolute atomic E-state index is 0.0559. The van der Waals surface area contributed by atoms with E-state index in [1.807, 2.05) is 13.2 Å². The van der Waals surface area contributed by atoms with Crippen molar-refractivity contribution in [3.63, 3.8) is 0 Å². The maximum absolute atomic E-state index is 11.2. The zero-order valence-electron chi connectivity index (χ0n) is 9.19. The molecule has 0 aromatic carbocycles. The highest BCUT2D eigenvalue weighted by Crippen LogP contribution is 2.16. The van der Waals surface area contributed by atoms with E-state index in [4.69, 9.17) is 4.74 Å². The van der Waals surface area contributed by atoms with Crippen LogP contribution >= 0.6 is 11.8 Å². The highest BCUT2D eigenvalue weighted by atomic mass is 32.2. The molecule has 0 radical (unpaired) electrons. The van der Waals surface area contributed by atoms with Crippen molar-refractivity contribution in [3.8, 4) is 5.88 Å². The molecule has 0 amide bonds. The van der Waals surface area contributed by atoms with E-state index in [2.05, 4.69) is 19.4 Å². The molecule has 0 saturated carbocycles. The number of thioether (sulfide) groups is 1. The van der Waals surface area contributed by atoms with Gasteiger partial charge in [0.15, 0.2) is 18.2 Å². The Kier molecular flexibility index (Phi) is 3.79. The van der Waals surface area contributed by atoms with E-state index in [0.717, 1.165) is 5.69 Å². The minimum atomic E-state index is -1.61. The third-order valence-corrected chi connectivity index (χ3v) is 3.15. The molecule has 2 rings (SSSR count). The van der Waals surface area contributed by atoms with E-state index < -0.39 is 11.3 Å². The minimum Gasteiger partial charge on any atom is -0.455 e. The van der Waals surface area contributed by atoms with E-state index >= 15 is 0 Å². The zero-order chi connectivity index (χ0) is 12.3. The molecule has 0 saturated heterocycles. The molecule has 9 heteroatoms. The first-order valence-electron chi connectivity index (χ1n) is 4.61. The van der Waals surface area contributed by atoms with Gasteiger partial charge in [-0.15, -0.1) is 0 Å². The number of hydrogen-bond acceptors (Lipinski definition) is 7. The van der Waals surface area contributed by atoms with Crippen LogP contribution in [0.3, 0.4) is 0 Å². The predicted molar refractivity (Wildman–Crippen MR) is 63.6 cm³/mol. The molecule has 2 heterocycles. The van der Waals surface area contributed by atoms with Gasteiger partial charge in [0.05, 0.1) is 0 Å². The fourth-order valence-corrected chi connectivity index (χ4v) is 1.94. The quantitative estimate of drug-likeness (QED) is 0.594. The lowest BCUT2D eigenvalue weighted by Gasteiger charge is -2.11. The Morgan fingerprint density at radius 3 is 3.06 bits per heavy atom. The third kappa shape index (κ3) is 3.07. The summed E-state index contributed by atoms with van der Waals surface area (Å²) in [6.07, 6.45) is 3.19. The van der Waals surface area contributed by atoms with Crippen molar-refractivity contribution in [1.82, 2.24) is 14.3 Å². The summed E-state index contributed by atoms with van der Waals surface area (Å²) in [4.78, 5) is 8.35. The maximum Gasteiger partial charge on any atom is 0.343 e. The lowest BCUT2D eigenvalue weighted by Crippen LogP contribution is -2.25. The molecule has 1 atom stereocenters. The van der Waals surface area contributed by atoms with Crippen LogP contribution in [0.4, 0.5) is 0 Å². The largest absolute Gasteiger partial charge is 0.455 e.